The molecule has 6 rings (SSSR count). The topological polar surface area (TPSA) is 114 Å². The van der Waals surface area contributed by atoms with Gasteiger partial charge in [-0.3, -0.25) is 4.68 Å². The Bertz CT molecular complexity index is 1410. The number of fused-ring (bicyclic) bond motifs is 3. The molecule has 0 atom stereocenters. The maximum Gasteiger partial charge on any atom is 0.187 e. The largest absolute Gasteiger partial charge is 0.492 e. The third kappa shape index (κ3) is 5.11. The number of nitrogens with zero attached hydrogens (tertiary/aromatic N) is 7. The number of hydrogen-bond donors (Lipinski definition) is 2. The van der Waals surface area contributed by atoms with Crippen LogP contribution >= 0.6 is 11.3 Å². The number of aliphatic hydroxyl groups is 2. The van der Waals surface area contributed by atoms with Crippen molar-refractivity contribution in [3.05, 3.63) is 41.8 Å². The van der Waals surface area contributed by atoms with Gasteiger partial charge in [0, 0.05) is 48.3 Å². The van der Waals surface area contributed by atoms with E-state index in [0.29, 0.717) is 13.2 Å². The molecule has 5 heterocycles. The normalized spacial score (nSPS) is 16.6. The van der Waals surface area contributed by atoms with Crippen molar-refractivity contribution in [2.24, 2.45) is 0 Å². The van der Waals surface area contributed by atoms with Crippen LogP contribution in [0.1, 0.15) is 37.6 Å². The summed E-state index contributed by atoms with van der Waals surface area (Å²) in [6.07, 6.45) is 8.14. The first-order valence-corrected chi connectivity index (χ1v) is 13.9. The summed E-state index contributed by atoms with van der Waals surface area (Å²) in [6, 6.07) is 6.48. The van der Waals surface area contributed by atoms with Gasteiger partial charge in [-0.1, -0.05) is 6.07 Å². The van der Waals surface area contributed by atoms with Gasteiger partial charge in [-0.2, -0.15) is 10.2 Å². The molecular weight excluding hydrogens is 502 g/mol. The van der Waals surface area contributed by atoms with Crippen molar-refractivity contribution in [2.75, 3.05) is 32.8 Å². The number of benzene rings is 1. The third-order valence-corrected chi connectivity index (χ3v) is 8.23. The Morgan fingerprint density at radius 2 is 2.00 bits per heavy atom. The van der Waals surface area contributed by atoms with Crippen LogP contribution in [-0.2, 0) is 13.0 Å². The zero-order valence-electron chi connectivity index (χ0n) is 21.7. The van der Waals surface area contributed by atoms with E-state index in [2.05, 4.69) is 38.3 Å². The van der Waals surface area contributed by atoms with E-state index >= 15 is 0 Å². The Balaban J connectivity index is 1.27. The van der Waals surface area contributed by atoms with Gasteiger partial charge in [0.25, 0.3) is 0 Å². The van der Waals surface area contributed by atoms with Crippen LogP contribution in [0, 0.1) is 0 Å². The Morgan fingerprint density at radius 3 is 2.79 bits per heavy atom. The Hall–Kier alpha value is -3.12. The van der Waals surface area contributed by atoms with Crippen LogP contribution in [-0.4, -0.2) is 83.1 Å². The summed E-state index contributed by atoms with van der Waals surface area (Å²) >= 11 is 1.67. The summed E-state index contributed by atoms with van der Waals surface area (Å²) in [6.45, 7) is 7.37. The molecule has 0 spiro atoms. The van der Waals surface area contributed by atoms with Crippen LogP contribution in [0.2, 0.25) is 0 Å². The zero-order chi connectivity index (χ0) is 26.3. The van der Waals surface area contributed by atoms with Gasteiger partial charge in [0.2, 0.25) is 0 Å². The lowest BCUT2D eigenvalue weighted by molar-refractivity contribution is 0.0577. The summed E-state index contributed by atoms with van der Waals surface area (Å²) in [5.74, 6) is 1.63. The Kier molecular flexibility index (Phi) is 6.77. The van der Waals surface area contributed by atoms with E-state index in [1.807, 2.05) is 17.1 Å². The monoisotopic (exact) mass is 535 g/mol. The number of aromatic nitrogens is 6. The quantitative estimate of drug-likeness (QED) is 0.371. The smallest absolute Gasteiger partial charge is 0.187 e. The van der Waals surface area contributed by atoms with Gasteiger partial charge in [-0.05, 0) is 44.4 Å². The number of likely N-dealkylation sites (tertiary alicyclic amines) is 1. The fourth-order valence-corrected chi connectivity index (χ4v) is 6.34. The first-order chi connectivity index (χ1) is 18.4. The van der Waals surface area contributed by atoms with Crippen LogP contribution in [0.15, 0.2) is 36.9 Å². The number of piperidine rings is 1. The summed E-state index contributed by atoms with van der Waals surface area (Å²) in [7, 11) is 0. The number of aliphatic hydroxyl groups excluding tert-OH is 1. The molecule has 0 aliphatic carbocycles. The van der Waals surface area contributed by atoms with Gasteiger partial charge in [0.15, 0.2) is 10.8 Å². The SMILES string of the molecule is CC(C)(O)Cn1cc(-c2ccc3c(c2)OCCc2sc(-c4ncnn4C4CCN(CCO)CC4)nc2-3)cn1. The first kappa shape index (κ1) is 25.2. The van der Waals surface area contributed by atoms with Crippen molar-refractivity contribution in [3.8, 4) is 39.0 Å². The van der Waals surface area contributed by atoms with E-state index < -0.39 is 5.60 Å². The molecule has 10 nitrogen and oxygen atoms in total. The first-order valence-electron chi connectivity index (χ1n) is 13.1. The van der Waals surface area contributed by atoms with Crippen LogP contribution in [0.5, 0.6) is 5.75 Å². The molecule has 4 aromatic rings. The summed E-state index contributed by atoms with van der Waals surface area (Å²) in [4.78, 5) is 13.2. The third-order valence-electron chi connectivity index (χ3n) is 7.12. The predicted molar refractivity (Wildman–Crippen MR) is 145 cm³/mol. The molecule has 1 aromatic carbocycles. The number of ether oxygens (including phenoxy) is 1. The van der Waals surface area contributed by atoms with Gasteiger partial charge >= 0.3 is 0 Å². The lowest BCUT2D eigenvalue weighted by atomic mass is 10.0. The minimum Gasteiger partial charge on any atom is -0.492 e. The Labute approximate surface area is 225 Å². The van der Waals surface area contributed by atoms with E-state index in [1.54, 1.807) is 36.2 Å². The molecule has 11 heteroatoms. The van der Waals surface area contributed by atoms with Crippen molar-refractivity contribution < 1.29 is 14.9 Å². The van der Waals surface area contributed by atoms with E-state index in [0.717, 1.165) is 77.9 Å². The summed E-state index contributed by atoms with van der Waals surface area (Å²) in [5.41, 5.74) is 3.09. The summed E-state index contributed by atoms with van der Waals surface area (Å²) in [5, 5.41) is 29.2. The molecule has 2 N–H and O–H groups in total. The zero-order valence-corrected chi connectivity index (χ0v) is 22.6. The number of rotatable bonds is 7. The molecule has 1 fully saturated rings. The molecule has 2 aliphatic rings. The highest BCUT2D eigenvalue weighted by Crippen LogP contribution is 2.42. The fraction of sp³-hybridized carbons (Fsp3) is 0.481. The maximum atomic E-state index is 10.1. The van der Waals surface area contributed by atoms with Crippen LogP contribution in [0.4, 0.5) is 0 Å². The molecule has 0 saturated carbocycles. The number of hydrogen-bond acceptors (Lipinski definition) is 9. The fourth-order valence-electron chi connectivity index (χ4n) is 5.29. The van der Waals surface area contributed by atoms with E-state index in [-0.39, 0.29) is 12.6 Å². The molecule has 38 heavy (non-hydrogen) atoms. The van der Waals surface area contributed by atoms with Gasteiger partial charge in [0.05, 0.1) is 43.3 Å². The van der Waals surface area contributed by atoms with E-state index in [1.165, 1.54) is 4.88 Å². The van der Waals surface area contributed by atoms with Gasteiger partial charge in [-0.15, -0.1) is 11.3 Å². The molecule has 0 bridgehead atoms. The summed E-state index contributed by atoms with van der Waals surface area (Å²) < 4.78 is 9.97. The lowest BCUT2D eigenvalue weighted by Crippen LogP contribution is -2.36. The van der Waals surface area contributed by atoms with Gasteiger partial charge in [-0.25, -0.2) is 14.6 Å². The van der Waals surface area contributed by atoms with Crippen LogP contribution in [0.25, 0.3) is 33.2 Å². The van der Waals surface area contributed by atoms with Crippen molar-refractivity contribution in [1.82, 2.24) is 34.4 Å². The van der Waals surface area contributed by atoms with E-state index in [4.69, 9.17) is 9.72 Å². The number of thiazole rings is 1. The van der Waals surface area contributed by atoms with Crippen molar-refractivity contribution >= 4 is 11.3 Å². The second-order valence-electron chi connectivity index (χ2n) is 10.7. The highest BCUT2D eigenvalue weighted by molar-refractivity contribution is 7.15. The minimum atomic E-state index is -0.833. The molecule has 0 radical (unpaired) electrons. The van der Waals surface area contributed by atoms with E-state index in [9.17, 15) is 10.2 Å². The van der Waals surface area contributed by atoms with Crippen molar-refractivity contribution in [3.63, 3.8) is 0 Å². The second kappa shape index (κ2) is 10.2. The molecule has 1 saturated heterocycles. The van der Waals surface area contributed by atoms with Crippen molar-refractivity contribution in [1.29, 1.82) is 0 Å². The maximum absolute atomic E-state index is 10.1. The molecule has 0 unspecified atom stereocenters. The van der Waals surface area contributed by atoms with Crippen LogP contribution in [0.3, 0.4) is 0 Å². The number of β-amino-alcohol motifs (C(OH)–C–C–N with tert-alkyl or cyclic N) is 1. The molecule has 2 aliphatic heterocycles. The highest BCUT2D eigenvalue weighted by atomic mass is 32.1. The molecule has 0 amide bonds. The average Bonchev–Trinajstić information content (AvgIpc) is 3.62. The average molecular weight is 536 g/mol. The van der Waals surface area contributed by atoms with Crippen molar-refractivity contribution in [2.45, 2.75) is 51.3 Å². The molecular formula is C27H33N7O3S. The predicted octanol–water partition coefficient (Wildman–Crippen LogP) is 3.27. The Morgan fingerprint density at radius 1 is 1.16 bits per heavy atom. The highest BCUT2D eigenvalue weighted by Gasteiger charge is 2.27. The van der Waals surface area contributed by atoms with Crippen LogP contribution < -0.4 is 4.74 Å². The minimum absolute atomic E-state index is 0.197. The standard InChI is InChI=1S/C27H33N7O3S/c1-27(2,36)16-33-15-19(14-29-33)18-3-4-21-22(13-18)37-12-7-23-24(21)31-26(38-23)25-28-17-30-34(25)20-5-8-32(9-6-20)10-11-35/h3-4,13-15,17,20,35-36H,5-12,16H2,1-2H3. The molecule has 200 valence electrons. The lowest BCUT2D eigenvalue weighted by Gasteiger charge is -2.31. The van der Waals surface area contributed by atoms with Gasteiger partial charge in [0.1, 0.15) is 12.1 Å². The second-order valence-corrected chi connectivity index (χ2v) is 11.7. The molecule has 3 aromatic heterocycles. The van der Waals surface area contributed by atoms with Gasteiger partial charge < -0.3 is 19.8 Å².